The predicted octanol–water partition coefficient (Wildman–Crippen LogP) is 3.70. The summed E-state index contributed by atoms with van der Waals surface area (Å²) in [6, 6.07) is 16.6. The molecule has 3 aromatic rings. The molecule has 2 amide bonds. The molecule has 0 saturated carbocycles. The molecule has 1 aromatic heterocycles. The highest BCUT2D eigenvalue weighted by Crippen LogP contribution is 2.20. The number of carbonyl (C=O) groups excluding carboxylic acids is 2. The van der Waals surface area contributed by atoms with Gasteiger partial charge in [-0.2, -0.15) is 4.31 Å². The largest absolute Gasteiger partial charge is 0.467 e. The number of amides is 2. The first-order valence-electron chi connectivity index (χ1n) is 11.7. The molecule has 0 bridgehead atoms. The van der Waals surface area contributed by atoms with E-state index in [2.05, 4.69) is 10.6 Å². The van der Waals surface area contributed by atoms with E-state index in [0.29, 0.717) is 30.0 Å². The van der Waals surface area contributed by atoms with E-state index in [1.165, 1.54) is 28.6 Å². The summed E-state index contributed by atoms with van der Waals surface area (Å²) in [7, 11) is -3.56. The minimum atomic E-state index is -3.56. The zero-order chi connectivity index (χ0) is 24.7. The molecule has 9 heteroatoms. The van der Waals surface area contributed by atoms with Crippen molar-refractivity contribution in [2.24, 2.45) is 0 Å². The van der Waals surface area contributed by atoms with Crippen molar-refractivity contribution >= 4 is 21.8 Å². The molecule has 1 saturated heterocycles. The number of hydrogen-bond donors (Lipinski definition) is 2. The van der Waals surface area contributed by atoms with Gasteiger partial charge in [-0.15, -0.1) is 0 Å². The second kappa shape index (κ2) is 11.3. The topological polar surface area (TPSA) is 109 Å². The van der Waals surface area contributed by atoms with Gasteiger partial charge in [0.25, 0.3) is 11.8 Å². The predicted molar refractivity (Wildman–Crippen MR) is 131 cm³/mol. The molecule has 0 radical (unpaired) electrons. The maximum absolute atomic E-state index is 12.9. The molecule has 0 unspecified atom stereocenters. The van der Waals surface area contributed by atoms with E-state index in [0.717, 1.165) is 31.2 Å². The first-order chi connectivity index (χ1) is 16.9. The SMILES string of the molecule is O=C(NCc1cccc(C(=O)NCc2ccco2)c1)c1ccc(S(=O)(=O)N2CCCCCC2)cc1. The van der Waals surface area contributed by atoms with Crippen LogP contribution in [0.1, 0.15) is 57.7 Å². The second-order valence-corrected chi connectivity index (χ2v) is 10.4. The molecule has 2 aromatic carbocycles. The van der Waals surface area contributed by atoms with Crippen molar-refractivity contribution in [1.29, 1.82) is 0 Å². The average molecular weight is 496 g/mol. The summed E-state index contributed by atoms with van der Waals surface area (Å²) in [6.07, 6.45) is 5.37. The summed E-state index contributed by atoms with van der Waals surface area (Å²) in [5.41, 5.74) is 1.61. The Bertz CT molecular complexity index is 1250. The first kappa shape index (κ1) is 24.7. The third-order valence-electron chi connectivity index (χ3n) is 5.96. The van der Waals surface area contributed by atoms with E-state index in [4.69, 9.17) is 4.42 Å². The van der Waals surface area contributed by atoms with Gasteiger partial charge in [0.05, 0.1) is 17.7 Å². The highest BCUT2D eigenvalue weighted by Gasteiger charge is 2.25. The van der Waals surface area contributed by atoms with Gasteiger partial charge in [-0.05, 0) is 66.9 Å². The van der Waals surface area contributed by atoms with Crippen LogP contribution < -0.4 is 10.6 Å². The molecule has 35 heavy (non-hydrogen) atoms. The van der Waals surface area contributed by atoms with Crippen LogP contribution in [0.2, 0.25) is 0 Å². The van der Waals surface area contributed by atoms with Crippen LogP contribution in [0, 0.1) is 0 Å². The molecule has 2 heterocycles. The van der Waals surface area contributed by atoms with Crippen molar-refractivity contribution in [3.63, 3.8) is 0 Å². The third kappa shape index (κ3) is 6.37. The number of sulfonamides is 1. The van der Waals surface area contributed by atoms with Crippen LogP contribution in [-0.2, 0) is 23.1 Å². The van der Waals surface area contributed by atoms with Crippen molar-refractivity contribution in [2.45, 2.75) is 43.7 Å². The molecule has 1 aliphatic rings. The lowest BCUT2D eigenvalue weighted by Gasteiger charge is -2.20. The number of carbonyl (C=O) groups is 2. The van der Waals surface area contributed by atoms with Gasteiger partial charge >= 0.3 is 0 Å². The normalized spacial score (nSPS) is 14.7. The standard InChI is InChI=1S/C26H29N3O5S/c30-25(21-10-12-24(13-11-21)35(32,33)29-14-3-1-2-4-15-29)27-18-20-7-5-8-22(17-20)26(31)28-19-23-9-6-16-34-23/h5-13,16-17H,1-4,14-15,18-19H2,(H,27,30)(H,28,31). The van der Waals surface area contributed by atoms with E-state index in [1.54, 1.807) is 36.6 Å². The number of hydrogen-bond acceptors (Lipinski definition) is 5. The van der Waals surface area contributed by atoms with Crippen LogP contribution in [-0.4, -0.2) is 37.6 Å². The van der Waals surface area contributed by atoms with Crippen LogP contribution >= 0.6 is 0 Å². The monoisotopic (exact) mass is 495 g/mol. The lowest BCUT2D eigenvalue weighted by atomic mass is 10.1. The van der Waals surface area contributed by atoms with Crippen molar-refractivity contribution in [3.8, 4) is 0 Å². The fraction of sp³-hybridized carbons (Fsp3) is 0.308. The Labute approximate surface area is 205 Å². The van der Waals surface area contributed by atoms with Gasteiger partial charge < -0.3 is 15.1 Å². The first-order valence-corrected chi connectivity index (χ1v) is 13.2. The molecule has 4 rings (SSSR count). The Kier molecular flexibility index (Phi) is 7.99. The fourth-order valence-corrected chi connectivity index (χ4v) is 5.52. The molecule has 1 aliphatic heterocycles. The molecule has 0 spiro atoms. The third-order valence-corrected chi connectivity index (χ3v) is 7.88. The Balaban J connectivity index is 1.33. The number of furan rings is 1. The highest BCUT2D eigenvalue weighted by molar-refractivity contribution is 7.89. The van der Waals surface area contributed by atoms with Gasteiger partial charge in [0.15, 0.2) is 0 Å². The molecular weight excluding hydrogens is 466 g/mol. The van der Waals surface area contributed by atoms with E-state index in [-0.39, 0.29) is 29.8 Å². The zero-order valence-corrected chi connectivity index (χ0v) is 20.2. The minimum Gasteiger partial charge on any atom is -0.467 e. The quantitative estimate of drug-likeness (QED) is 0.495. The molecule has 8 nitrogen and oxygen atoms in total. The van der Waals surface area contributed by atoms with Gasteiger partial charge in [0.1, 0.15) is 5.76 Å². The van der Waals surface area contributed by atoms with Crippen molar-refractivity contribution in [3.05, 3.63) is 89.4 Å². The Morgan fingerprint density at radius 3 is 2.17 bits per heavy atom. The van der Waals surface area contributed by atoms with E-state index < -0.39 is 10.0 Å². The van der Waals surface area contributed by atoms with Crippen molar-refractivity contribution in [1.82, 2.24) is 14.9 Å². The Morgan fingerprint density at radius 2 is 1.49 bits per heavy atom. The number of benzene rings is 2. The van der Waals surface area contributed by atoms with Crippen LogP contribution in [0.15, 0.2) is 76.2 Å². The molecule has 0 atom stereocenters. The summed E-state index contributed by atoms with van der Waals surface area (Å²) in [6.45, 7) is 1.58. The summed E-state index contributed by atoms with van der Waals surface area (Å²) in [5.74, 6) is 0.0965. The molecule has 1 fully saturated rings. The van der Waals surface area contributed by atoms with Crippen LogP contribution in [0.3, 0.4) is 0 Å². The minimum absolute atomic E-state index is 0.198. The number of rotatable bonds is 8. The summed E-state index contributed by atoms with van der Waals surface area (Å²) >= 11 is 0. The van der Waals surface area contributed by atoms with E-state index in [9.17, 15) is 18.0 Å². The van der Waals surface area contributed by atoms with Gasteiger partial charge in [-0.1, -0.05) is 25.0 Å². The zero-order valence-electron chi connectivity index (χ0n) is 19.4. The number of nitrogens with one attached hydrogen (secondary N) is 2. The van der Waals surface area contributed by atoms with E-state index in [1.807, 2.05) is 6.07 Å². The summed E-state index contributed by atoms with van der Waals surface area (Å²) in [5, 5.41) is 5.61. The van der Waals surface area contributed by atoms with Gasteiger partial charge in [0, 0.05) is 30.8 Å². The molecule has 184 valence electrons. The maximum Gasteiger partial charge on any atom is 0.251 e. The lowest BCUT2D eigenvalue weighted by molar-refractivity contribution is 0.0943. The van der Waals surface area contributed by atoms with E-state index >= 15 is 0 Å². The lowest BCUT2D eigenvalue weighted by Crippen LogP contribution is -2.32. The van der Waals surface area contributed by atoms with Crippen molar-refractivity contribution < 1.29 is 22.4 Å². The van der Waals surface area contributed by atoms with Gasteiger partial charge in [-0.3, -0.25) is 9.59 Å². The molecular formula is C26H29N3O5S. The summed E-state index contributed by atoms with van der Waals surface area (Å²) in [4.78, 5) is 25.2. The molecule has 2 N–H and O–H groups in total. The van der Waals surface area contributed by atoms with Gasteiger partial charge in [-0.25, -0.2) is 8.42 Å². The Morgan fingerprint density at radius 1 is 0.800 bits per heavy atom. The average Bonchev–Trinajstić information content (AvgIpc) is 3.25. The van der Waals surface area contributed by atoms with Gasteiger partial charge in [0.2, 0.25) is 10.0 Å². The highest BCUT2D eigenvalue weighted by atomic mass is 32.2. The van der Waals surface area contributed by atoms with Crippen molar-refractivity contribution in [2.75, 3.05) is 13.1 Å². The van der Waals surface area contributed by atoms with Crippen LogP contribution in [0.4, 0.5) is 0 Å². The second-order valence-electron chi connectivity index (χ2n) is 8.49. The maximum atomic E-state index is 12.9. The number of nitrogens with zero attached hydrogens (tertiary/aromatic N) is 1. The smallest absolute Gasteiger partial charge is 0.251 e. The summed E-state index contributed by atoms with van der Waals surface area (Å²) < 4.78 is 32.6. The Hall–Kier alpha value is -3.43. The van der Waals surface area contributed by atoms with Crippen LogP contribution in [0.25, 0.3) is 0 Å². The fourth-order valence-electron chi connectivity index (χ4n) is 4.00. The van der Waals surface area contributed by atoms with Crippen LogP contribution in [0.5, 0.6) is 0 Å². The molecule has 0 aliphatic carbocycles.